The molecule has 2 aromatic rings. The van der Waals surface area contributed by atoms with Crippen molar-refractivity contribution in [3.05, 3.63) is 69.7 Å². The summed E-state index contributed by atoms with van der Waals surface area (Å²) in [4.78, 5) is 0. The first kappa shape index (κ1) is 15.3. The number of benzene rings is 2. The van der Waals surface area contributed by atoms with Crippen LogP contribution in [0.5, 0.6) is 0 Å². The number of rotatable bonds is 6. The summed E-state index contributed by atoms with van der Waals surface area (Å²) >= 11 is 3.69. The van der Waals surface area contributed by atoms with Crippen molar-refractivity contribution in [3.63, 3.8) is 0 Å². The fourth-order valence-corrected chi connectivity index (χ4v) is 3.15. The summed E-state index contributed by atoms with van der Waals surface area (Å²) in [6.07, 6.45) is 1.07. The lowest BCUT2D eigenvalue weighted by Crippen LogP contribution is -2.23. The second-order valence-electron chi connectivity index (χ2n) is 5.22. The average molecular weight is 332 g/mol. The fraction of sp³-hybridized carbons (Fsp3) is 0.333. The minimum atomic E-state index is 0.493. The van der Waals surface area contributed by atoms with Gasteiger partial charge in [0.1, 0.15) is 0 Å². The lowest BCUT2D eigenvalue weighted by molar-refractivity contribution is 0.593. The van der Waals surface area contributed by atoms with Crippen LogP contribution in [0, 0.1) is 6.92 Å². The highest BCUT2D eigenvalue weighted by molar-refractivity contribution is 9.10. The Kier molecular flexibility index (Phi) is 5.81. The molecule has 0 aliphatic heterocycles. The Labute approximate surface area is 130 Å². The Balaban J connectivity index is 2.22. The maximum absolute atomic E-state index is 3.69. The zero-order valence-corrected chi connectivity index (χ0v) is 13.8. The van der Waals surface area contributed by atoms with Gasteiger partial charge in [0.15, 0.2) is 0 Å². The summed E-state index contributed by atoms with van der Waals surface area (Å²) in [6.45, 7) is 6.33. The van der Waals surface area contributed by atoms with Gasteiger partial charge in [-0.2, -0.15) is 0 Å². The molecule has 20 heavy (non-hydrogen) atoms. The summed E-state index contributed by atoms with van der Waals surface area (Å²) < 4.78 is 1.20. The van der Waals surface area contributed by atoms with E-state index in [9.17, 15) is 0 Å². The molecule has 106 valence electrons. The molecule has 2 rings (SSSR count). The van der Waals surface area contributed by atoms with Crippen LogP contribution in [0.3, 0.4) is 0 Å². The Hall–Kier alpha value is -1.12. The van der Waals surface area contributed by atoms with E-state index in [1.54, 1.807) is 0 Å². The Morgan fingerprint density at radius 2 is 1.90 bits per heavy atom. The van der Waals surface area contributed by atoms with Crippen LogP contribution in [0.15, 0.2) is 53.0 Å². The molecule has 0 aliphatic carbocycles. The van der Waals surface area contributed by atoms with Crippen LogP contribution in [0.2, 0.25) is 0 Å². The van der Waals surface area contributed by atoms with E-state index in [-0.39, 0.29) is 0 Å². The van der Waals surface area contributed by atoms with Gasteiger partial charge in [-0.25, -0.2) is 0 Å². The highest BCUT2D eigenvalue weighted by Gasteiger charge is 2.14. The third-order valence-corrected chi connectivity index (χ3v) is 4.27. The molecule has 1 atom stereocenters. The quantitative estimate of drug-likeness (QED) is 0.809. The van der Waals surface area contributed by atoms with E-state index in [0.717, 1.165) is 19.5 Å². The van der Waals surface area contributed by atoms with Gasteiger partial charge in [0.25, 0.3) is 0 Å². The van der Waals surface area contributed by atoms with Crippen LogP contribution in [-0.4, -0.2) is 13.1 Å². The molecule has 0 radical (unpaired) electrons. The van der Waals surface area contributed by atoms with Gasteiger partial charge >= 0.3 is 0 Å². The van der Waals surface area contributed by atoms with E-state index in [1.165, 1.54) is 21.2 Å². The van der Waals surface area contributed by atoms with Gasteiger partial charge in [-0.15, -0.1) is 0 Å². The summed E-state index contributed by atoms with van der Waals surface area (Å²) in [6, 6.07) is 17.4. The lowest BCUT2D eigenvalue weighted by Gasteiger charge is -2.19. The average Bonchev–Trinajstić information content (AvgIpc) is 2.44. The van der Waals surface area contributed by atoms with E-state index in [0.29, 0.717) is 5.92 Å². The standard InChI is InChI=1S/C18H22BrN/c1-3-20-13-16(17-9-4-5-10-18(17)19)12-15-8-6-7-14(2)11-15/h4-11,16,20H,3,12-13H2,1-2H3. The zero-order chi connectivity index (χ0) is 14.4. The Morgan fingerprint density at radius 3 is 2.60 bits per heavy atom. The van der Waals surface area contributed by atoms with Crippen molar-refractivity contribution in [3.8, 4) is 0 Å². The highest BCUT2D eigenvalue weighted by atomic mass is 79.9. The first-order valence-electron chi connectivity index (χ1n) is 7.21. The Bertz CT molecular complexity index is 551. The van der Waals surface area contributed by atoms with E-state index >= 15 is 0 Å². The molecular weight excluding hydrogens is 310 g/mol. The summed E-state index contributed by atoms with van der Waals surface area (Å²) in [5.41, 5.74) is 4.12. The smallest absolute Gasteiger partial charge is 0.0210 e. The van der Waals surface area contributed by atoms with Gasteiger partial charge < -0.3 is 5.32 Å². The van der Waals surface area contributed by atoms with Gasteiger partial charge in [-0.05, 0) is 37.1 Å². The van der Waals surface area contributed by atoms with E-state index < -0.39 is 0 Å². The van der Waals surface area contributed by atoms with E-state index in [1.807, 2.05) is 0 Å². The van der Waals surface area contributed by atoms with Gasteiger partial charge in [-0.1, -0.05) is 70.9 Å². The predicted octanol–water partition coefficient (Wildman–Crippen LogP) is 4.69. The second kappa shape index (κ2) is 7.61. The maximum atomic E-state index is 3.69. The summed E-state index contributed by atoms with van der Waals surface area (Å²) in [7, 11) is 0. The molecule has 0 saturated heterocycles. The third-order valence-electron chi connectivity index (χ3n) is 3.55. The van der Waals surface area contributed by atoms with Gasteiger partial charge in [-0.3, -0.25) is 0 Å². The van der Waals surface area contributed by atoms with Crippen molar-refractivity contribution in [1.82, 2.24) is 5.32 Å². The number of hydrogen-bond donors (Lipinski definition) is 1. The SMILES string of the molecule is CCNCC(Cc1cccc(C)c1)c1ccccc1Br. The molecule has 0 aliphatic rings. The van der Waals surface area contributed by atoms with Crippen molar-refractivity contribution < 1.29 is 0 Å². The van der Waals surface area contributed by atoms with Crippen LogP contribution in [0.4, 0.5) is 0 Å². The number of hydrogen-bond acceptors (Lipinski definition) is 1. The van der Waals surface area contributed by atoms with Crippen molar-refractivity contribution in [2.45, 2.75) is 26.2 Å². The zero-order valence-electron chi connectivity index (χ0n) is 12.2. The van der Waals surface area contributed by atoms with Crippen molar-refractivity contribution in [2.24, 2.45) is 0 Å². The van der Waals surface area contributed by atoms with Crippen molar-refractivity contribution in [2.75, 3.05) is 13.1 Å². The minimum Gasteiger partial charge on any atom is -0.316 e. The molecule has 2 aromatic carbocycles. The van der Waals surface area contributed by atoms with E-state index in [2.05, 4.69) is 83.6 Å². The highest BCUT2D eigenvalue weighted by Crippen LogP contribution is 2.27. The largest absolute Gasteiger partial charge is 0.316 e. The summed E-state index contributed by atoms with van der Waals surface area (Å²) in [5, 5.41) is 3.49. The number of likely N-dealkylation sites (N-methyl/N-ethyl adjacent to an activating group) is 1. The molecule has 0 fully saturated rings. The second-order valence-corrected chi connectivity index (χ2v) is 6.07. The third kappa shape index (κ3) is 4.19. The molecular formula is C18H22BrN. The maximum Gasteiger partial charge on any atom is 0.0210 e. The molecule has 0 saturated carbocycles. The number of aryl methyl sites for hydroxylation is 1. The van der Waals surface area contributed by atoms with Crippen molar-refractivity contribution >= 4 is 15.9 Å². The normalized spacial score (nSPS) is 12.3. The van der Waals surface area contributed by atoms with Crippen LogP contribution < -0.4 is 5.32 Å². The molecule has 0 bridgehead atoms. The van der Waals surface area contributed by atoms with E-state index in [4.69, 9.17) is 0 Å². The molecule has 1 nitrogen and oxygen atoms in total. The van der Waals surface area contributed by atoms with Gasteiger partial charge in [0.2, 0.25) is 0 Å². The first-order valence-corrected chi connectivity index (χ1v) is 8.00. The van der Waals surface area contributed by atoms with Crippen LogP contribution in [-0.2, 0) is 6.42 Å². The topological polar surface area (TPSA) is 12.0 Å². The number of nitrogens with one attached hydrogen (secondary N) is 1. The predicted molar refractivity (Wildman–Crippen MR) is 90.3 cm³/mol. The molecule has 2 heteroatoms. The molecule has 0 amide bonds. The molecule has 1 N–H and O–H groups in total. The van der Waals surface area contributed by atoms with Crippen LogP contribution in [0.1, 0.15) is 29.5 Å². The minimum absolute atomic E-state index is 0.493. The lowest BCUT2D eigenvalue weighted by atomic mass is 9.91. The van der Waals surface area contributed by atoms with Crippen LogP contribution in [0.25, 0.3) is 0 Å². The number of halogens is 1. The van der Waals surface area contributed by atoms with Crippen molar-refractivity contribution in [1.29, 1.82) is 0 Å². The van der Waals surface area contributed by atoms with Gasteiger partial charge in [0, 0.05) is 16.9 Å². The molecule has 0 aromatic heterocycles. The first-order chi connectivity index (χ1) is 9.70. The Morgan fingerprint density at radius 1 is 1.10 bits per heavy atom. The fourth-order valence-electron chi connectivity index (χ4n) is 2.54. The van der Waals surface area contributed by atoms with Gasteiger partial charge in [0.05, 0.1) is 0 Å². The summed E-state index contributed by atoms with van der Waals surface area (Å²) in [5.74, 6) is 0.493. The molecule has 0 heterocycles. The van der Waals surface area contributed by atoms with Crippen LogP contribution >= 0.6 is 15.9 Å². The molecule has 1 unspecified atom stereocenters. The molecule has 0 spiro atoms. The monoisotopic (exact) mass is 331 g/mol.